The van der Waals surface area contributed by atoms with Crippen LogP contribution in [0.4, 0.5) is 5.69 Å². The van der Waals surface area contributed by atoms with Crippen molar-refractivity contribution in [1.29, 1.82) is 0 Å². The number of sulfonamides is 1. The van der Waals surface area contributed by atoms with E-state index < -0.39 is 28.5 Å². The molecular weight excluding hydrogens is 614 g/mol. The van der Waals surface area contributed by atoms with E-state index in [2.05, 4.69) is 5.32 Å². The molecule has 1 N–H and O–H groups in total. The Balaban J connectivity index is 1.86. The zero-order chi connectivity index (χ0) is 32.4. The summed E-state index contributed by atoms with van der Waals surface area (Å²) >= 11 is 6.53. The molecule has 0 saturated heterocycles. The van der Waals surface area contributed by atoms with Crippen molar-refractivity contribution in [1.82, 2.24) is 10.2 Å². The molecule has 0 saturated carbocycles. The smallest absolute Gasteiger partial charge is 0.264 e. The highest BCUT2D eigenvalue weighted by Gasteiger charge is 2.35. The summed E-state index contributed by atoms with van der Waals surface area (Å²) in [4.78, 5) is 29.5. The van der Waals surface area contributed by atoms with Gasteiger partial charge in [-0.05, 0) is 48.4 Å². The van der Waals surface area contributed by atoms with Crippen LogP contribution in [0, 0.1) is 0 Å². The molecule has 0 unspecified atom stereocenters. The molecule has 4 aromatic rings. The number of carbonyl (C=O) groups is 2. The molecule has 236 valence electrons. The topological polar surface area (TPSA) is 105 Å². The minimum absolute atomic E-state index is 0.0233. The second-order valence-corrected chi connectivity index (χ2v) is 12.3. The van der Waals surface area contributed by atoms with Gasteiger partial charge in [-0.1, -0.05) is 78.3 Å². The van der Waals surface area contributed by atoms with Crippen molar-refractivity contribution < 1.29 is 27.5 Å². The summed E-state index contributed by atoms with van der Waals surface area (Å²) in [6.07, 6.45) is 0.191. The minimum Gasteiger partial charge on any atom is -0.497 e. The van der Waals surface area contributed by atoms with Crippen LogP contribution in [0.1, 0.15) is 18.1 Å². The summed E-state index contributed by atoms with van der Waals surface area (Å²) in [5, 5.41) is 3.25. The molecule has 9 nitrogen and oxygen atoms in total. The number of benzene rings is 4. The van der Waals surface area contributed by atoms with Crippen molar-refractivity contribution in [2.75, 3.05) is 31.6 Å². The highest BCUT2D eigenvalue weighted by molar-refractivity contribution is 7.92. The van der Waals surface area contributed by atoms with E-state index in [0.29, 0.717) is 22.9 Å². The van der Waals surface area contributed by atoms with Crippen LogP contribution in [-0.4, -0.2) is 58.5 Å². The Hall–Kier alpha value is -4.54. The number of carbonyl (C=O) groups excluding carboxylic acids is 2. The second kappa shape index (κ2) is 15.5. The van der Waals surface area contributed by atoms with Crippen LogP contribution >= 0.6 is 11.6 Å². The lowest BCUT2D eigenvalue weighted by Gasteiger charge is -2.34. The third-order valence-electron chi connectivity index (χ3n) is 7.19. The van der Waals surface area contributed by atoms with Crippen molar-refractivity contribution in [3.8, 4) is 11.5 Å². The molecule has 4 rings (SSSR count). The number of halogens is 1. The normalized spacial score (nSPS) is 11.7. The van der Waals surface area contributed by atoms with Crippen molar-refractivity contribution in [2.45, 2.75) is 30.8 Å². The largest absolute Gasteiger partial charge is 0.497 e. The number of hydrogen-bond donors (Lipinski definition) is 1. The van der Waals surface area contributed by atoms with Crippen LogP contribution < -0.4 is 19.1 Å². The summed E-state index contributed by atoms with van der Waals surface area (Å²) in [6, 6.07) is 27.9. The molecule has 0 aromatic heterocycles. The fourth-order valence-electron chi connectivity index (χ4n) is 4.88. The van der Waals surface area contributed by atoms with Gasteiger partial charge in [0.1, 0.15) is 24.1 Å². The zero-order valence-electron chi connectivity index (χ0n) is 25.4. The predicted molar refractivity (Wildman–Crippen MR) is 175 cm³/mol. The summed E-state index contributed by atoms with van der Waals surface area (Å²) in [7, 11) is -1.44. The lowest BCUT2D eigenvalue weighted by atomic mass is 10.0. The molecule has 0 spiro atoms. The number of nitrogens with zero attached hydrogens (tertiary/aromatic N) is 2. The molecule has 0 heterocycles. The second-order valence-electron chi connectivity index (χ2n) is 10.1. The maximum Gasteiger partial charge on any atom is 0.264 e. The maximum absolute atomic E-state index is 14.5. The van der Waals surface area contributed by atoms with Crippen LogP contribution in [0.3, 0.4) is 0 Å². The number of likely N-dealkylation sites (N-methyl/N-ethyl adjacent to an activating group) is 1. The van der Waals surface area contributed by atoms with Gasteiger partial charge in [-0.3, -0.25) is 13.9 Å². The van der Waals surface area contributed by atoms with Crippen LogP contribution in [-0.2, 0) is 32.6 Å². The van der Waals surface area contributed by atoms with Crippen LogP contribution in [0.2, 0.25) is 5.02 Å². The van der Waals surface area contributed by atoms with Crippen molar-refractivity contribution in [2.24, 2.45) is 0 Å². The SMILES string of the molecule is CCNC(=O)[C@@H](Cc1ccccc1)N(Cc1ccccc1Cl)C(=O)CN(c1cc(OC)ccc1OC)S(=O)(=O)c1ccccc1. The third kappa shape index (κ3) is 8.14. The first kappa shape index (κ1) is 33.4. The van der Waals surface area contributed by atoms with Gasteiger partial charge in [-0.15, -0.1) is 0 Å². The van der Waals surface area contributed by atoms with E-state index >= 15 is 0 Å². The first-order chi connectivity index (χ1) is 21.7. The minimum atomic E-state index is -4.31. The van der Waals surface area contributed by atoms with Gasteiger partial charge in [-0.2, -0.15) is 0 Å². The molecule has 0 fully saturated rings. The van der Waals surface area contributed by atoms with E-state index in [1.165, 1.54) is 37.3 Å². The highest BCUT2D eigenvalue weighted by Crippen LogP contribution is 2.36. The lowest BCUT2D eigenvalue weighted by Crippen LogP contribution is -2.53. The number of nitrogens with one attached hydrogen (secondary N) is 1. The number of amides is 2. The molecule has 11 heteroatoms. The molecule has 45 heavy (non-hydrogen) atoms. The quantitative estimate of drug-likeness (QED) is 0.198. The first-order valence-electron chi connectivity index (χ1n) is 14.3. The molecule has 0 bridgehead atoms. The average molecular weight is 650 g/mol. The van der Waals surface area contributed by atoms with Gasteiger partial charge < -0.3 is 19.7 Å². The van der Waals surface area contributed by atoms with E-state index in [0.717, 1.165) is 9.87 Å². The molecule has 0 aliphatic carbocycles. The molecule has 2 amide bonds. The van der Waals surface area contributed by atoms with Crippen LogP contribution in [0.25, 0.3) is 0 Å². The van der Waals surface area contributed by atoms with Gasteiger partial charge in [0.05, 0.1) is 24.8 Å². The number of methoxy groups -OCH3 is 2. The van der Waals surface area contributed by atoms with E-state index in [1.807, 2.05) is 30.3 Å². The Morgan fingerprint density at radius 2 is 1.51 bits per heavy atom. The van der Waals surface area contributed by atoms with Gasteiger partial charge >= 0.3 is 0 Å². The Morgan fingerprint density at radius 1 is 0.867 bits per heavy atom. The van der Waals surface area contributed by atoms with Crippen molar-refractivity contribution in [3.63, 3.8) is 0 Å². The van der Waals surface area contributed by atoms with Crippen LogP contribution in [0.5, 0.6) is 11.5 Å². The van der Waals surface area contributed by atoms with E-state index in [9.17, 15) is 18.0 Å². The van der Waals surface area contributed by atoms with Crippen molar-refractivity contribution in [3.05, 3.63) is 119 Å². The highest BCUT2D eigenvalue weighted by atomic mass is 35.5. The molecule has 0 aliphatic rings. The van der Waals surface area contributed by atoms with E-state index in [1.54, 1.807) is 61.5 Å². The van der Waals surface area contributed by atoms with E-state index in [4.69, 9.17) is 21.1 Å². The molecule has 0 radical (unpaired) electrons. The fraction of sp³-hybridized carbons (Fsp3) is 0.235. The Bertz CT molecular complexity index is 1700. The van der Waals surface area contributed by atoms with Crippen LogP contribution in [0.15, 0.2) is 108 Å². The molecular formula is C34H36ClN3O6S. The van der Waals surface area contributed by atoms with Gasteiger partial charge in [-0.25, -0.2) is 8.42 Å². The summed E-state index contributed by atoms with van der Waals surface area (Å²) < 4.78 is 40.4. The summed E-state index contributed by atoms with van der Waals surface area (Å²) in [6.45, 7) is 1.45. The fourth-order valence-corrected chi connectivity index (χ4v) is 6.51. The van der Waals surface area contributed by atoms with Gasteiger partial charge in [0, 0.05) is 30.6 Å². The lowest BCUT2D eigenvalue weighted by molar-refractivity contribution is -0.140. The number of ether oxygens (including phenoxy) is 2. The van der Waals surface area contributed by atoms with E-state index in [-0.39, 0.29) is 35.2 Å². The predicted octanol–water partition coefficient (Wildman–Crippen LogP) is 5.33. The Kier molecular flexibility index (Phi) is 11.5. The number of hydrogen-bond acceptors (Lipinski definition) is 6. The summed E-state index contributed by atoms with van der Waals surface area (Å²) in [5.74, 6) is -0.418. The zero-order valence-corrected chi connectivity index (χ0v) is 26.9. The number of anilines is 1. The molecule has 1 atom stereocenters. The number of rotatable bonds is 14. The van der Waals surface area contributed by atoms with Gasteiger partial charge in [0.15, 0.2) is 0 Å². The molecule has 4 aromatic carbocycles. The Labute approximate surface area is 269 Å². The maximum atomic E-state index is 14.5. The Morgan fingerprint density at radius 3 is 2.13 bits per heavy atom. The summed E-state index contributed by atoms with van der Waals surface area (Å²) in [5.41, 5.74) is 1.53. The molecule has 0 aliphatic heterocycles. The third-order valence-corrected chi connectivity index (χ3v) is 9.33. The average Bonchev–Trinajstić information content (AvgIpc) is 3.06. The standard InChI is InChI=1S/C34H36ClN3O6S/c1-4-36-34(40)31(21-25-13-7-5-8-14-25)37(23-26-15-11-12-18-29(26)35)33(39)24-38(45(41,42)28-16-9-6-10-17-28)30-22-27(43-2)19-20-32(30)44-3/h5-20,22,31H,4,21,23-24H2,1-3H3,(H,36,40)/t31-/m1/s1. The monoisotopic (exact) mass is 649 g/mol. The van der Waals surface area contributed by atoms with Gasteiger partial charge in [0.25, 0.3) is 10.0 Å². The first-order valence-corrected chi connectivity index (χ1v) is 16.2. The van der Waals surface area contributed by atoms with Crippen molar-refractivity contribution >= 4 is 39.1 Å². The van der Waals surface area contributed by atoms with Gasteiger partial charge in [0.2, 0.25) is 11.8 Å².